The number of halogens is 1. The minimum atomic E-state index is 0.209. The Morgan fingerprint density at radius 3 is 2.19 bits per heavy atom. The second-order valence-electron chi connectivity index (χ2n) is 4.72. The second kappa shape index (κ2) is 5.54. The highest BCUT2D eigenvalue weighted by Crippen LogP contribution is 2.29. The van der Waals surface area contributed by atoms with Crippen molar-refractivity contribution in [2.24, 2.45) is 0 Å². The zero-order valence-corrected chi connectivity index (χ0v) is 12.2. The lowest BCUT2D eigenvalue weighted by atomic mass is 10.1. The van der Waals surface area contributed by atoms with Gasteiger partial charge >= 0.3 is 0 Å². The average molecular weight is 297 g/mol. The van der Waals surface area contributed by atoms with E-state index in [1.165, 1.54) is 0 Å². The van der Waals surface area contributed by atoms with Crippen LogP contribution in [0.15, 0.2) is 54.6 Å². The number of benzene rings is 2. The summed E-state index contributed by atoms with van der Waals surface area (Å²) >= 11 is 6.25. The highest BCUT2D eigenvalue weighted by molar-refractivity contribution is 6.30. The van der Waals surface area contributed by atoms with Gasteiger partial charge in [-0.3, -0.25) is 0 Å². The predicted molar refractivity (Wildman–Crippen MR) is 84.3 cm³/mol. The van der Waals surface area contributed by atoms with Gasteiger partial charge in [0.2, 0.25) is 0 Å². The summed E-state index contributed by atoms with van der Waals surface area (Å²) in [5.74, 6) is 0.754. The summed E-state index contributed by atoms with van der Waals surface area (Å²) < 4.78 is 0. The summed E-state index contributed by atoms with van der Waals surface area (Å²) in [7, 11) is 0. The Bertz CT molecular complexity index is 771. The van der Waals surface area contributed by atoms with Crippen LogP contribution in [-0.4, -0.2) is 15.1 Å². The molecule has 4 heteroatoms. The maximum Gasteiger partial charge on any atom is 0.161 e. The molecule has 3 rings (SSSR count). The van der Waals surface area contributed by atoms with Gasteiger partial charge in [0.05, 0.1) is 5.69 Å². The number of hydrogen-bond acceptors (Lipinski definition) is 3. The molecule has 0 radical (unpaired) electrons. The Balaban J connectivity index is 2.16. The monoisotopic (exact) mass is 296 g/mol. The van der Waals surface area contributed by atoms with E-state index in [0.29, 0.717) is 11.0 Å². The summed E-state index contributed by atoms with van der Waals surface area (Å²) in [6.45, 7) is 1.91. The molecule has 1 N–H and O–H groups in total. The number of aromatic hydroxyl groups is 1. The van der Waals surface area contributed by atoms with Gasteiger partial charge in [0.1, 0.15) is 10.9 Å². The molecule has 0 atom stereocenters. The topological polar surface area (TPSA) is 46.0 Å². The van der Waals surface area contributed by atoms with Gasteiger partial charge in [0, 0.05) is 16.7 Å². The Morgan fingerprint density at radius 2 is 1.52 bits per heavy atom. The SMILES string of the molecule is Cc1c(Cl)nc(-c2ccc(O)cc2)nc1-c1ccccc1. The van der Waals surface area contributed by atoms with Gasteiger partial charge in [0.25, 0.3) is 0 Å². The van der Waals surface area contributed by atoms with Crippen LogP contribution in [0.5, 0.6) is 5.75 Å². The minimum absolute atomic E-state index is 0.209. The standard InChI is InChI=1S/C17H13ClN2O/c1-11-15(12-5-3-2-4-6-12)19-17(20-16(11)18)13-7-9-14(21)10-8-13/h2-10,21H,1H3. The van der Waals surface area contributed by atoms with E-state index < -0.39 is 0 Å². The third-order valence-electron chi connectivity index (χ3n) is 3.26. The van der Waals surface area contributed by atoms with Gasteiger partial charge in [-0.1, -0.05) is 41.9 Å². The fourth-order valence-electron chi connectivity index (χ4n) is 2.11. The molecular formula is C17H13ClN2O. The summed E-state index contributed by atoms with van der Waals surface area (Å²) in [5, 5.41) is 9.80. The Labute approximate surface area is 127 Å². The largest absolute Gasteiger partial charge is 0.508 e. The molecule has 0 spiro atoms. The van der Waals surface area contributed by atoms with Gasteiger partial charge in [-0.25, -0.2) is 9.97 Å². The maximum atomic E-state index is 9.37. The van der Waals surface area contributed by atoms with Crippen molar-refractivity contribution in [3.8, 4) is 28.4 Å². The molecule has 0 saturated carbocycles. The first-order chi connectivity index (χ1) is 10.1. The predicted octanol–water partition coefficient (Wildman–Crippen LogP) is 4.48. The highest BCUT2D eigenvalue weighted by Gasteiger charge is 2.12. The molecule has 1 heterocycles. The molecule has 21 heavy (non-hydrogen) atoms. The van der Waals surface area contributed by atoms with E-state index in [1.807, 2.05) is 37.3 Å². The van der Waals surface area contributed by atoms with Gasteiger partial charge in [-0.15, -0.1) is 0 Å². The first-order valence-electron chi connectivity index (χ1n) is 6.54. The van der Waals surface area contributed by atoms with Gasteiger partial charge in [0.15, 0.2) is 5.82 Å². The van der Waals surface area contributed by atoms with Crippen LogP contribution < -0.4 is 0 Å². The third kappa shape index (κ3) is 2.73. The highest BCUT2D eigenvalue weighted by atomic mass is 35.5. The fraction of sp³-hybridized carbons (Fsp3) is 0.0588. The van der Waals surface area contributed by atoms with Crippen LogP contribution in [-0.2, 0) is 0 Å². The van der Waals surface area contributed by atoms with Crippen LogP contribution in [0.25, 0.3) is 22.6 Å². The molecule has 104 valence electrons. The number of phenols is 1. The van der Waals surface area contributed by atoms with E-state index in [0.717, 1.165) is 22.4 Å². The van der Waals surface area contributed by atoms with Crippen molar-refractivity contribution in [3.63, 3.8) is 0 Å². The van der Waals surface area contributed by atoms with E-state index in [9.17, 15) is 5.11 Å². The van der Waals surface area contributed by atoms with Crippen LogP contribution in [0.2, 0.25) is 5.15 Å². The molecule has 0 fully saturated rings. The van der Waals surface area contributed by atoms with Gasteiger partial charge < -0.3 is 5.11 Å². The number of hydrogen-bond donors (Lipinski definition) is 1. The van der Waals surface area contributed by atoms with Gasteiger partial charge in [-0.2, -0.15) is 0 Å². The molecule has 0 bridgehead atoms. The van der Waals surface area contributed by atoms with E-state index in [4.69, 9.17) is 11.6 Å². The molecule has 0 aliphatic rings. The Kier molecular flexibility index (Phi) is 3.59. The molecule has 2 aromatic carbocycles. The van der Waals surface area contributed by atoms with Crippen molar-refractivity contribution < 1.29 is 5.11 Å². The molecule has 0 aliphatic carbocycles. The van der Waals surface area contributed by atoms with Crippen molar-refractivity contribution in [1.29, 1.82) is 0 Å². The van der Waals surface area contributed by atoms with Crippen LogP contribution in [0.4, 0.5) is 0 Å². The number of phenolic OH excluding ortho intramolecular Hbond substituents is 1. The summed E-state index contributed by atoms with van der Waals surface area (Å²) in [6, 6.07) is 16.6. The Hall–Kier alpha value is -2.39. The number of nitrogens with zero attached hydrogens (tertiary/aromatic N) is 2. The molecule has 0 amide bonds. The molecule has 0 saturated heterocycles. The third-order valence-corrected chi connectivity index (χ3v) is 3.63. The summed E-state index contributed by atoms with van der Waals surface area (Å²) in [5.41, 5.74) is 3.48. The van der Waals surface area contributed by atoms with Crippen molar-refractivity contribution >= 4 is 11.6 Å². The average Bonchev–Trinajstić information content (AvgIpc) is 2.51. The van der Waals surface area contributed by atoms with Crippen LogP contribution in [0.3, 0.4) is 0 Å². The first-order valence-corrected chi connectivity index (χ1v) is 6.92. The summed E-state index contributed by atoms with van der Waals surface area (Å²) in [6.07, 6.45) is 0. The van der Waals surface area contributed by atoms with E-state index in [2.05, 4.69) is 9.97 Å². The number of rotatable bonds is 2. The van der Waals surface area contributed by atoms with Gasteiger partial charge in [-0.05, 0) is 31.2 Å². The van der Waals surface area contributed by atoms with Crippen molar-refractivity contribution in [2.75, 3.05) is 0 Å². The molecular weight excluding hydrogens is 284 g/mol. The van der Waals surface area contributed by atoms with E-state index in [-0.39, 0.29) is 5.75 Å². The maximum absolute atomic E-state index is 9.37. The van der Waals surface area contributed by atoms with Crippen LogP contribution in [0, 0.1) is 6.92 Å². The number of aromatic nitrogens is 2. The lowest BCUT2D eigenvalue weighted by Crippen LogP contribution is -1.97. The molecule has 3 nitrogen and oxygen atoms in total. The molecule has 3 aromatic rings. The van der Waals surface area contributed by atoms with Crippen molar-refractivity contribution in [3.05, 3.63) is 65.3 Å². The minimum Gasteiger partial charge on any atom is -0.508 e. The lowest BCUT2D eigenvalue weighted by molar-refractivity contribution is 0.475. The van der Waals surface area contributed by atoms with E-state index >= 15 is 0 Å². The molecule has 0 aliphatic heterocycles. The van der Waals surface area contributed by atoms with Crippen molar-refractivity contribution in [2.45, 2.75) is 6.92 Å². The van der Waals surface area contributed by atoms with Crippen LogP contribution >= 0.6 is 11.6 Å². The van der Waals surface area contributed by atoms with E-state index in [1.54, 1.807) is 24.3 Å². The lowest BCUT2D eigenvalue weighted by Gasteiger charge is -2.09. The zero-order valence-electron chi connectivity index (χ0n) is 11.4. The zero-order chi connectivity index (χ0) is 14.8. The second-order valence-corrected chi connectivity index (χ2v) is 5.08. The molecule has 0 unspecified atom stereocenters. The Morgan fingerprint density at radius 1 is 0.857 bits per heavy atom. The van der Waals surface area contributed by atoms with Crippen LogP contribution in [0.1, 0.15) is 5.56 Å². The quantitative estimate of drug-likeness (QED) is 0.709. The van der Waals surface area contributed by atoms with Crippen molar-refractivity contribution in [1.82, 2.24) is 9.97 Å². The normalized spacial score (nSPS) is 10.6. The first kappa shape index (κ1) is 13.6. The smallest absolute Gasteiger partial charge is 0.161 e. The molecule has 1 aromatic heterocycles. The fourth-order valence-corrected chi connectivity index (χ4v) is 2.28. The summed E-state index contributed by atoms with van der Waals surface area (Å²) in [4.78, 5) is 8.96.